The zero-order valence-electron chi connectivity index (χ0n) is 30.3. The fraction of sp³-hybridized carbons (Fsp3) is 0.526. The summed E-state index contributed by atoms with van der Waals surface area (Å²) in [5.41, 5.74) is 2.91. The van der Waals surface area contributed by atoms with Crippen molar-refractivity contribution in [2.45, 2.75) is 90.6 Å². The quantitative estimate of drug-likeness (QED) is 0.179. The predicted molar refractivity (Wildman–Crippen MR) is 193 cm³/mol. The first kappa shape index (κ1) is 38.5. The van der Waals surface area contributed by atoms with Gasteiger partial charge >= 0.3 is 0 Å². The summed E-state index contributed by atoms with van der Waals surface area (Å²) in [6, 6.07) is 14.2. The summed E-state index contributed by atoms with van der Waals surface area (Å²) in [4.78, 5) is 33.4. The van der Waals surface area contributed by atoms with Crippen LogP contribution in [0.5, 0.6) is 0 Å². The Hall–Kier alpha value is -3.35. The SMILES string of the molecule is CC(C)CC(C)(C)N1C(=O)C2=C(c3ccc(S(=O)(=O)NCCO)cc3)N(C(C)(C)CC(C)C)C(=O)C2=C1c1ccc(CCNCCO)cc1. The lowest BCUT2D eigenvalue weighted by Crippen LogP contribution is -2.48. The Morgan fingerprint density at radius 2 is 1.10 bits per heavy atom. The number of nitrogens with zero attached hydrogens (tertiary/aromatic N) is 2. The average Bonchev–Trinajstić information content (AvgIpc) is 3.50. The molecule has 2 heterocycles. The van der Waals surface area contributed by atoms with E-state index in [0.717, 1.165) is 17.5 Å². The molecule has 0 bridgehead atoms. The number of carbonyl (C=O) groups excluding carboxylic acids is 2. The molecule has 0 saturated carbocycles. The van der Waals surface area contributed by atoms with Crippen LogP contribution < -0.4 is 10.0 Å². The molecule has 49 heavy (non-hydrogen) atoms. The highest BCUT2D eigenvalue weighted by Crippen LogP contribution is 2.52. The van der Waals surface area contributed by atoms with Crippen molar-refractivity contribution in [1.82, 2.24) is 19.8 Å². The highest BCUT2D eigenvalue weighted by molar-refractivity contribution is 7.89. The van der Waals surface area contributed by atoms with Crippen LogP contribution in [0.3, 0.4) is 0 Å². The third-order valence-corrected chi connectivity index (χ3v) is 10.5. The summed E-state index contributed by atoms with van der Waals surface area (Å²) < 4.78 is 28.0. The summed E-state index contributed by atoms with van der Waals surface area (Å²) in [6.45, 7) is 17.4. The number of carbonyl (C=O) groups is 2. The molecule has 268 valence electrons. The standard InChI is InChI=1S/C38H54N4O6S/c1-25(2)23-37(5,6)41-33(28-11-9-27(10-12-28)17-18-39-19-21-43)31-32(36(41)46)34(42(35(31)45)38(7,8)24-26(3)4)29-13-15-30(16-14-29)49(47,48)40-20-22-44/h9-16,25-26,39-40,43-44H,17-24H2,1-8H3. The number of hydrogen-bond donors (Lipinski definition) is 4. The molecule has 0 radical (unpaired) electrons. The number of benzene rings is 2. The van der Waals surface area contributed by atoms with Gasteiger partial charge in [0, 0.05) is 24.2 Å². The van der Waals surface area contributed by atoms with Crippen molar-refractivity contribution < 1.29 is 28.2 Å². The van der Waals surface area contributed by atoms with Gasteiger partial charge in [-0.25, -0.2) is 13.1 Å². The molecule has 0 fully saturated rings. The van der Waals surface area contributed by atoms with E-state index in [2.05, 4.69) is 37.7 Å². The smallest absolute Gasteiger partial charge is 0.261 e. The lowest BCUT2D eigenvalue weighted by molar-refractivity contribution is -0.127. The van der Waals surface area contributed by atoms with E-state index in [1.807, 2.05) is 52.0 Å². The van der Waals surface area contributed by atoms with Crippen LogP contribution in [-0.2, 0) is 26.0 Å². The van der Waals surface area contributed by atoms with Crippen molar-refractivity contribution in [3.05, 3.63) is 76.4 Å². The van der Waals surface area contributed by atoms with Gasteiger partial charge in [-0.15, -0.1) is 0 Å². The third-order valence-electron chi connectivity index (χ3n) is 8.98. The second-order valence-corrected chi connectivity index (χ2v) is 16.9. The molecule has 0 unspecified atom stereocenters. The fourth-order valence-electron chi connectivity index (χ4n) is 7.51. The van der Waals surface area contributed by atoms with E-state index in [0.29, 0.717) is 54.0 Å². The Balaban J connectivity index is 1.96. The summed E-state index contributed by atoms with van der Waals surface area (Å²) >= 11 is 0. The van der Waals surface area contributed by atoms with Crippen LogP contribution in [0.2, 0.25) is 0 Å². The molecule has 0 aromatic heterocycles. The second kappa shape index (κ2) is 15.3. The van der Waals surface area contributed by atoms with E-state index >= 15 is 0 Å². The maximum Gasteiger partial charge on any atom is 0.261 e. The number of nitrogens with one attached hydrogen (secondary N) is 2. The largest absolute Gasteiger partial charge is 0.395 e. The minimum atomic E-state index is -3.86. The van der Waals surface area contributed by atoms with Gasteiger partial charge in [-0.05, 0) is 94.2 Å². The number of hydrogen-bond acceptors (Lipinski definition) is 7. The Morgan fingerprint density at radius 3 is 1.51 bits per heavy atom. The van der Waals surface area contributed by atoms with Crippen molar-refractivity contribution in [3.63, 3.8) is 0 Å². The van der Waals surface area contributed by atoms with Gasteiger partial charge in [-0.3, -0.25) is 9.59 Å². The molecular weight excluding hydrogens is 641 g/mol. The molecule has 10 nitrogen and oxygen atoms in total. The Labute approximate surface area is 292 Å². The lowest BCUT2D eigenvalue weighted by atomic mass is 9.89. The molecule has 11 heteroatoms. The van der Waals surface area contributed by atoms with Crippen LogP contribution in [0.15, 0.2) is 64.6 Å². The number of sulfonamides is 1. The van der Waals surface area contributed by atoms with E-state index in [4.69, 9.17) is 10.2 Å². The Bertz CT molecular complexity index is 1690. The molecule has 2 aromatic rings. The average molecular weight is 695 g/mol. The van der Waals surface area contributed by atoms with E-state index in [1.165, 1.54) is 12.1 Å². The highest BCUT2D eigenvalue weighted by atomic mass is 32.2. The number of rotatable bonds is 17. The van der Waals surface area contributed by atoms with Gasteiger partial charge in [-0.2, -0.15) is 0 Å². The van der Waals surface area contributed by atoms with Crippen LogP contribution in [0.1, 0.15) is 84.9 Å². The number of fused-ring (bicyclic) bond motifs is 1. The van der Waals surface area contributed by atoms with Gasteiger partial charge in [0.2, 0.25) is 10.0 Å². The van der Waals surface area contributed by atoms with Gasteiger partial charge < -0.3 is 25.3 Å². The molecule has 2 aliphatic heterocycles. The molecule has 4 rings (SSSR count). The van der Waals surface area contributed by atoms with Crippen LogP contribution in [0.4, 0.5) is 0 Å². The van der Waals surface area contributed by atoms with E-state index in [1.54, 1.807) is 21.9 Å². The van der Waals surface area contributed by atoms with Crippen LogP contribution in [-0.4, -0.2) is 84.2 Å². The van der Waals surface area contributed by atoms with Crippen LogP contribution in [0.25, 0.3) is 11.4 Å². The van der Waals surface area contributed by atoms with Crippen molar-refractivity contribution in [2.24, 2.45) is 11.8 Å². The first-order valence-corrected chi connectivity index (χ1v) is 18.7. The van der Waals surface area contributed by atoms with E-state index in [9.17, 15) is 18.0 Å². The topological polar surface area (TPSA) is 139 Å². The molecule has 0 spiro atoms. The molecule has 2 aliphatic rings. The molecule has 0 aliphatic carbocycles. The van der Waals surface area contributed by atoms with Crippen molar-refractivity contribution >= 4 is 33.2 Å². The zero-order valence-corrected chi connectivity index (χ0v) is 31.1. The highest BCUT2D eigenvalue weighted by Gasteiger charge is 2.54. The monoisotopic (exact) mass is 694 g/mol. The van der Waals surface area contributed by atoms with Crippen molar-refractivity contribution in [2.75, 3.05) is 32.8 Å². The van der Waals surface area contributed by atoms with E-state index in [-0.39, 0.29) is 48.3 Å². The van der Waals surface area contributed by atoms with Gasteiger partial charge in [0.1, 0.15) is 0 Å². The van der Waals surface area contributed by atoms with Gasteiger partial charge in [0.15, 0.2) is 0 Å². The Morgan fingerprint density at radius 1 is 0.673 bits per heavy atom. The first-order valence-electron chi connectivity index (χ1n) is 17.3. The minimum Gasteiger partial charge on any atom is -0.395 e. The van der Waals surface area contributed by atoms with Crippen molar-refractivity contribution in [3.8, 4) is 0 Å². The third kappa shape index (κ3) is 8.18. The molecule has 2 aromatic carbocycles. The summed E-state index contributed by atoms with van der Waals surface area (Å²) in [7, 11) is -3.86. The number of amides is 2. The maximum atomic E-state index is 14.9. The normalized spacial score (nSPS) is 15.9. The Kier molecular flexibility index (Phi) is 12.0. The number of aliphatic hydroxyl groups is 2. The van der Waals surface area contributed by atoms with Gasteiger partial charge in [0.05, 0.1) is 40.6 Å². The summed E-state index contributed by atoms with van der Waals surface area (Å²) in [6.07, 6.45) is 2.14. The fourth-order valence-corrected chi connectivity index (χ4v) is 8.53. The second-order valence-electron chi connectivity index (χ2n) is 15.1. The lowest BCUT2D eigenvalue weighted by Gasteiger charge is -2.41. The number of aliphatic hydroxyl groups excluding tert-OH is 2. The molecule has 4 N–H and O–H groups in total. The van der Waals surface area contributed by atoms with Gasteiger partial charge in [0.25, 0.3) is 11.8 Å². The zero-order chi connectivity index (χ0) is 36.3. The minimum absolute atomic E-state index is 0.0214. The molecular formula is C38H54N4O6S. The first-order chi connectivity index (χ1) is 23.0. The predicted octanol–water partition coefficient (Wildman–Crippen LogP) is 4.54. The van der Waals surface area contributed by atoms with Crippen molar-refractivity contribution in [1.29, 1.82) is 0 Å². The summed E-state index contributed by atoms with van der Waals surface area (Å²) in [5, 5.41) is 21.4. The van der Waals surface area contributed by atoms with Crippen LogP contribution in [0, 0.1) is 11.8 Å². The van der Waals surface area contributed by atoms with Crippen LogP contribution >= 0.6 is 0 Å². The van der Waals surface area contributed by atoms with E-state index < -0.39 is 21.1 Å². The maximum absolute atomic E-state index is 14.9. The molecule has 0 saturated heterocycles. The summed E-state index contributed by atoms with van der Waals surface area (Å²) in [5.74, 6) is 0.0355. The molecule has 0 atom stereocenters. The molecule has 2 amide bonds. The van der Waals surface area contributed by atoms with Gasteiger partial charge in [-0.1, -0.05) is 64.1 Å².